The molecule has 1 aromatic carbocycles. The number of anilines is 1. The summed E-state index contributed by atoms with van der Waals surface area (Å²) in [5.74, 6) is 0.747. The Kier molecular flexibility index (Phi) is 3.89. The first-order chi connectivity index (χ1) is 10.6. The van der Waals surface area contributed by atoms with Crippen LogP contribution in [-0.2, 0) is 4.79 Å². The molecule has 3 rings (SSSR count). The molecule has 0 bridgehead atoms. The van der Waals surface area contributed by atoms with Crippen molar-refractivity contribution in [1.29, 1.82) is 0 Å². The molecular weight excluding hydrogens is 280 g/mol. The maximum absolute atomic E-state index is 12.6. The Labute approximate surface area is 129 Å². The fourth-order valence-corrected chi connectivity index (χ4v) is 2.72. The SMILES string of the molecule is Cc1nnnn1-c1cccc(NC(=O)C2(C)CCCNC2)c1. The van der Waals surface area contributed by atoms with Gasteiger partial charge in [0, 0.05) is 12.2 Å². The lowest BCUT2D eigenvalue weighted by atomic mass is 9.82. The third-order valence-electron chi connectivity index (χ3n) is 4.12. The van der Waals surface area contributed by atoms with E-state index in [2.05, 4.69) is 26.2 Å². The summed E-state index contributed by atoms with van der Waals surface area (Å²) in [5, 5.41) is 17.8. The van der Waals surface area contributed by atoms with E-state index in [9.17, 15) is 4.79 Å². The van der Waals surface area contributed by atoms with E-state index in [4.69, 9.17) is 0 Å². The Bertz CT molecular complexity index is 674. The molecule has 1 saturated heterocycles. The summed E-state index contributed by atoms with van der Waals surface area (Å²) in [5.41, 5.74) is 1.22. The van der Waals surface area contributed by atoms with Gasteiger partial charge in [-0.1, -0.05) is 6.07 Å². The molecule has 0 spiro atoms. The Balaban J connectivity index is 1.78. The molecule has 1 aliphatic heterocycles. The number of aromatic nitrogens is 4. The van der Waals surface area contributed by atoms with Crippen LogP contribution in [0.3, 0.4) is 0 Å². The predicted molar refractivity (Wildman–Crippen MR) is 82.7 cm³/mol. The highest BCUT2D eigenvalue weighted by Crippen LogP contribution is 2.27. The van der Waals surface area contributed by atoms with Gasteiger partial charge in [-0.25, -0.2) is 0 Å². The number of hydrogen-bond acceptors (Lipinski definition) is 5. The lowest BCUT2D eigenvalue weighted by Gasteiger charge is -2.32. The minimum absolute atomic E-state index is 0.0466. The lowest BCUT2D eigenvalue weighted by molar-refractivity contribution is -0.125. The Hall–Kier alpha value is -2.28. The number of hydrogen-bond donors (Lipinski definition) is 2. The van der Waals surface area contributed by atoms with Crippen LogP contribution in [0.1, 0.15) is 25.6 Å². The van der Waals surface area contributed by atoms with Gasteiger partial charge in [0.1, 0.15) is 0 Å². The van der Waals surface area contributed by atoms with Gasteiger partial charge in [-0.15, -0.1) is 5.10 Å². The number of aryl methyl sites for hydroxylation is 1. The monoisotopic (exact) mass is 300 g/mol. The van der Waals surface area contributed by atoms with Crippen LogP contribution in [0.15, 0.2) is 24.3 Å². The number of nitrogens with zero attached hydrogens (tertiary/aromatic N) is 4. The highest BCUT2D eigenvalue weighted by atomic mass is 16.2. The lowest BCUT2D eigenvalue weighted by Crippen LogP contribution is -2.46. The molecule has 0 aliphatic carbocycles. The zero-order chi connectivity index (χ0) is 15.6. The third-order valence-corrected chi connectivity index (χ3v) is 4.12. The Morgan fingerprint density at radius 1 is 1.45 bits per heavy atom. The number of nitrogens with one attached hydrogen (secondary N) is 2. The van der Waals surface area contributed by atoms with Gasteiger partial charge in [-0.3, -0.25) is 4.79 Å². The van der Waals surface area contributed by atoms with E-state index in [1.165, 1.54) is 0 Å². The van der Waals surface area contributed by atoms with Gasteiger partial charge in [0.15, 0.2) is 5.82 Å². The van der Waals surface area contributed by atoms with Gasteiger partial charge in [0.05, 0.1) is 11.1 Å². The van der Waals surface area contributed by atoms with Crippen LogP contribution in [0.2, 0.25) is 0 Å². The molecular formula is C15H20N6O. The van der Waals surface area contributed by atoms with Crippen molar-refractivity contribution in [3.8, 4) is 5.69 Å². The first-order valence-electron chi connectivity index (χ1n) is 7.46. The van der Waals surface area contributed by atoms with Gasteiger partial charge < -0.3 is 10.6 Å². The van der Waals surface area contributed by atoms with Crippen molar-refractivity contribution in [2.24, 2.45) is 5.41 Å². The molecule has 2 N–H and O–H groups in total. The first-order valence-corrected chi connectivity index (χ1v) is 7.46. The predicted octanol–water partition coefficient (Wildman–Crippen LogP) is 1.30. The molecule has 22 heavy (non-hydrogen) atoms. The summed E-state index contributed by atoms with van der Waals surface area (Å²) in [6, 6.07) is 7.54. The first kappa shape index (κ1) is 14.6. The highest BCUT2D eigenvalue weighted by Gasteiger charge is 2.34. The van der Waals surface area contributed by atoms with Crippen molar-refractivity contribution < 1.29 is 4.79 Å². The average Bonchev–Trinajstić information content (AvgIpc) is 2.94. The van der Waals surface area contributed by atoms with E-state index in [1.807, 2.05) is 38.1 Å². The van der Waals surface area contributed by atoms with Crippen LogP contribution >= 0.6 is 0 Å². The number of tetrazole rings is 1. The Morgan fingerprint density at radius 2 is 2.32 bits per heavy atom. The van der Waals surface area contributed by atoms with Crippen LogP contribution in [-0.4, -0.2) is 39.2 Å². The quantitative estimate of drug-likeness (QED) is 0.892. The molecule has 1 unspecified atom stereocenters. The maximum Gasteiger partial charge on any atom is 0.231 e. The Morgan fingerprint density at radius 3 is 3.00 bits per heavy atom. The minimum atomic E-state index is -0.362. The summed E-state index contributed by atoms with van der Waals surface area (Å²) < 4.78 is 1.64. The zero-order valence-electron chi connectivity index (χ0n) is 12.8. The van der Waals surface area contributed by atoms with E-state index in [0.29, 0.717) is 12.4 Å². The fraction of sp³-hybridized carbons (Fsp3) is 0.467. The third kappa shape index (κ3) is 2.85. The molecule has 7 nitrogen and oxygen atoms in total. The van der Waals surface area contributed by atoms with E-state index in [-0.39, 0.29) is 11.3 Å². The summed E-state index contributed by atoms with van der Waals surface area (Å²) in [6.45, 7) is 5.53. The minimum Gasteiger partial charge on any atom is -0.326 e. The van der Waals surface area contributed by atoms with E-state index in [0.717, 1.165) is 30.8 Å². The van der Waals surface area contributed by atoms with E-state index in [1.54, 1.807) is 4.68 Å². The molecule has 1 amide bonds. The average molecular weight is 300 g/mol. The van der Waals surface area contributed by atoms with Crippen LogP contribution < -0.4 is 10.6 Å². The van der Waals surface area contributed by atoms with Crippen molar-refractivity contribution in [2.75, 3.05) is 18.4 Å². The standard InChI is InChI=1S/C15H20N6O/c1-11-18-19-20-21(11)13-6-3-5-12(9-13)17-14(22)15(2)7-4-8-16-10-15/h3,5-6,9,16H,4,7-8,10H2,1-2H3,(H,17,22). The van der Waals surface area contributed by atoms with Crippen LogP contribution in [0, 0.1) is 12.3 Å². The second-order valence-electron chi connectivity index (χ2n) is 5.98. The van der Waals surface area contributed by atoms with E-state index >= 15 is 0 Å². The molecule has 1 fully saturated rings. The second kappa shape index (κ2) is 5.84. The number of benzene rings is 1. The van der Waals surface area contributed by atoms with Crippen molar-refractivity contribution in [3.63, 3.8) is 0 Å². The molecule has 1 atom stereocenters. The second-order valence-corrected chi connectivity index (χ2v) is 5.98. The number of carbonyl (C=O) groups is 1. The van der Waals surface area contributed by atoms with Gasteiger partial charge in [0.2, 0.25) is 5.91 Å². The molecule has 0 radical (unpaired) electrons. The van der Waals surface area contributed by atoms with Gasteiger partial charge in [-0.2, -0.15) is 4.68 Å². The highest BCUT2D eigenvalue weighted by molar-refractivity contribution is 5.95. The summed E-state index contributed by atoms with van der Waals surface area (Å²) in [7, 11) is 0. The van der Waals surface area contributed by atoms with Gasteiger partial charge in [0.25, 0.3) is 0 Å². The number of amides is 1. The topological polar surface area (TPSA) is 84.7 Å². The van der Waals surface area contributed by atoms with E-state index < -0.39 is 0 Å². The molecule has 1 aliphatic rings. The van der Waals surface area contributed by atoms with Crippen LogP contribution in [0.25, 0.3) is 5.69 Å². The van der Waals surface area contributed by atoms with Crippen molar-refractivity contribution in [2.45, 2.75) is 26.7 Å². The largest absolute Gasteiger partial charge is 0.326 e. The van der Waals surface area contributed by atoms with Crippen molar-refractivity contribution in [1.82, 2.24) is 25.5 Å². The van der Waals surface area contributed by atoms with Crippen LogP contribution in [0.4, 0.5) is 5.69 Å². The molecule has 2 heterocycles. The maximum atomic E-state index is 12.6. The fourth-order valence-electron chi connectivity index (χ4n) is 2.72. The smallest absolute Gasteiger partial charge is 0.231 e. The molecule has 1 aromatic heterocycles. The number of carbonyl (C=O) groups excluding carboxylic acids is 1. The van der Waals surface area contributed by atoms with Crippen molar-refractivity contribution in [3.05, 3.63) is 30.1 Å². The summed E-state index contributed by atoms with van der Waals surface area (Å²) >= 11 is 0. The normalized spacial score (nSPS) is 21.5. The molecule has 116 valence electrons. The summed E-state index contributed by atoms with van der Waals surface area (Å²) in [6.07, 6.45) is 1.92. The number of piperidine rings is 1. The summed E-state index contributed by atoms with van der Waals surface area (Å²) in [4.78, 5) is 12.6. The van der Waals surface area contributed by atoms with Crippen molar-refractivity contribution >= 4 is 11.6 Å². The molecule has 7 heteroatoms. The van der Waals surface area contributed by atoms with Gasteiger partial charge in [-0.05, 0) is 61.9 Å². The van der Waals surface area contributed by atoms with Gasteiger partial charge >= 0.3 is 0 Å². The number of rotatable bonds is 3. The molecule has 2 aromatic rings. The van der Waals surface area contributed by atoms with Crippen LogP contribution in [0.5, 0.6) is 0 Å². The molecule has 0 saturated carbocycles. The zero-order valence-corrected chi connectivity index (χ0v) is 12.8.